The molecule has 0 spiro atoms. The molecule has 0 aromatic carbocycles. The summed E-state index contributed by atoms with van der Waals surface area (Å²) in [7, 11) is 0. The van der Waals surface area contributed by atoms with Crippen LogP contribution in [-0.4, -0.2) is 22.8 Å². The van der Waals surface area contributed by atoms with Crippen LogP contribution < -0.4 is 11.1 Å². The fourth-order valence-electron chi connectivity index (χ4n) is 1.68. The molecule has 1 atom stereocenters. The highest BCUT2D eigenvalue weighted by Crippen LogP contribution is 2.32. The van der Waals surface area contributed by atoms with Gasteiger partial charge in [0.05, 0.1) is 5.56 Å². The van der Waals surface area contributed by atoms with E-state index in [1.807, 2.05) is 6.92 Å². The summed E-state index contributed by atoms with van der Waals surface area (Å²) in [4.78, 5) is 26.4. The van der Waals surface area contributed by atoms with E-state index in [0.29, 0.717) is 11.5 Å². The van der Waals surface area contributed by atoms with Gasteiger partial charge in [-0.3, -0.25) is 14.6 Å². The molecule has 1 fully saturated rings. The van der Waals surface area contributed by atoms with E-state index in [9.17, 15) is 9.59 Å². The zero-order valence-corrected chi connectivity index (χ0v) is 9.64. The molecular weight excluding hydrogens is 218 g/mol. The van der Waals surface area contributed by atoms with Crippen molar-refractivity contribution >= 4 is 11.8 Å². The molecule has 17 heavy (non-hydrogen) atoms. The molecule has 1 aliphatic rings. The number of primary amides is 1. The Morgan fingerprint density at radius 2 is 2.18 bits per heavy atom. The van der Waals surface area contributed by atoms with Crippen LogP contribution in [0.25, 0.3) is 0 Å². The largest absolute Gasteiger partial charge is 0.364 e. The Hall–Kier alpha value is -1.91. The van der Waals surface area contributed by atoms with Gasteiger partial charge in [-0.2, -0.15) is 0 Å². The number of nitrogens with zero attached hydrogens (tertiary/aromatic N) is 1. The molecule has 1 aliphatic carbocycles. The summed E-state index contributed by atoms with van der Waals surface area (Å²) in [6.45, 7) is 2.00. The normalized spacial score (nSPS) is 16.3. The Balaban J connectivity index is 2.00. The van der Waals surface area contributed by atoms with Crippen molar-refractivity contribution in [2.45, 2.75) is 25.8 Å². The molecule has 1 aromatic rings. The summed E-state index contributed by atoms with van der Waals surface area (Å²) < 4.78 is 0. The van der Waals surface area contributed by atoms with Crippen LogP contribution in [0, 0.1) is 5.92 Å². The number of amides is 2. The molecule has 3 N–H and O–H groups in total. The first-order valence-electron chi connectivity index (χ1n) is 5.64. The second-order valence-electron chi connectivity index (χ2n) is 4.40. The maximum absolute atomic E-state index is 11.8. The molecule has 90 valence electrons. The van der Waals surface area contributed by atoms with Gasteiger partial charge in [0.15, 0.2) is 0 Å². The average Bonchev–Trinajstić information content (AvgIpc) is 3.12. The molecule has 0 unspecified atom stereocenters. The third-order valence-corrected chi connectivity index (χ3v) is 2.97. The van der Waals surface area contributed by atoms with Gasteiger partial charge in [-0.1, -0.05) is 0 Å². The zero-order valence-electron chi connectivity index (χ0n) is 9.64. The van der Waals surface area contributed by atoms with Gasteiger partial charge in [-0.15, -0.1) is 0 Å². The van der Waals surface area contributed by atoms with E-state index >= 15 is 0 Å². The average molecular weight is 233 g/mol. The van der Waals surface area contributed by atoms with Crippen LogP contribution in [0.3, 0.4) is 0 Å². The van der Waals surface area contributed by atoms with Gasteiger partial charge in [-0.25, -0.2) is 0 Å². The van der Waals surface area contributed by atoms with Crippen molar-refractivity contribution in [2.75, 3.05) is 0 Å². The second kappa shape index (κ2) is 4.53. The third kappa shape index (κ3) is 2.81. The van der Waals surface area contributed by atoms with Crippen LogP contribution in [0.4, 0.5) is 0 Å². The minimum atomic E-state index is -0.594. The van der Waals surface area contributed by atoms with Crippen molar-refractivity contribution in [3.8, 4) is 0 Å². The van der Waals surface area contributed by atoms with Crippen molar-refractivity contribution in [2.24, 2.45) is 11.7 Å². The summed E-state index contributed by atoms with van der Waals surface area (Å²) >= 11 is 0. The van der Waals surface area contributed by atoms with Gasteiger partial charge in [0.1, 0.15) is 5.69 Å². The van der Waals surface area contributed by atoms with E-state index in [1.165, 1.54) is 25.1 Å². The molecular formula is C12H15N3O2. The Bertz CT molecular complexity index is 438. The third-order valence-electron chi connectivity index (χ3n) is 2.97. The summed E-state index contributed by atoms with van der Waals surface area (Å²) in [6, 6.07) is 3.21. The van der Waals surface area contributed by atoms with Gasteiger partial charge in [-0.05, 0) is 37.8 Å². The highest BCUT2D eigenvalue weighted by Gasteiger charge is 2.29. The number of rotatable bonds is 4. The molecule has 0 radical (unpaired) electrons. The summed E-state index contributed by atoms with van der Waals surface area (Å²) in [5, 5.41) is 2.91. The Kier molecular flexibility index (Phi) is 3.08. The number of hydrogen-bond acceptors (Lipinski definition) is 3. The number of hydrogen-bond donors (Lipinski definition) is 2. The maximum Gasteiger partial charge on any atom is 0.267 e. The van der Waals surface area contributed by atoms with Crippen LogP contribution in [0.15, 0.2) is 18.3 Å². The minimum Gasteiger partial charge on any atom is -0.364 e. The van der Waals surface area contributed by atoms with E-state index in [4.69, 9.17) is 5.73 Å². The fraction of sp³-hybridized carbons (Fsp3) is 0.417. The standard InChI is InChI=1S/C12H15N3O2/c1-7(8-2-3-8)15-12(17)9-4-5-10(11(13)16)14-6-9/h4-8H,2-3H2,1H3,(H2,13,16)(H,15,17)/t7-/m0/s1. The van der Waals surface area contributed by atoms with E-state index in [-0.39, 0.29) is 17.6 Å². The van der Waals surface area contributed by atoms with Gasteiger partial charge in [0.2, 0.25) is 0 Å². The van der Waals surface area contributed by atoms with E-state index in [2.05, 4.69) is 10.3 Å². The van der Waals surface area contributed by atoms with Gasteiger partial charge >= 0.3 is 0 Å². The molecule has 0 saturated heterocycles. The molecule has 1 heterocycles. The smallest absolute Gasteiger partial charge is 0.267 e. The lowest BCUT2D eigenvalue weighted by Gasteiger charge is -2.12. The molecule has 1 saturated carbocycles. The second-order valence-corrected chi connectivity index (χ2v) is 4.40. The van der Waals surface area contributed by atoms with Crippen LogP contribution >= 0.6 is 0 Å². The molecule has 0 bridgehead atoms. The molecule has 0 aliphatic heterocycles. The lowest BCUT2D eigenvalue weighted by Crippen LogP contribution is -2.34. The summed E-state index contributed by atoms with van der Waals surface area (Å²) in [5.74, 6) is -0.145. The van der Waals surface area contributed by atoms with Gasteiger partial charge in [0.25, 0.3) is 11.8 Å². The maximum atomic E-state index is 11.8. The first kappa shape index (κ1) is 11.6. The highest BCUT2D eigenvalue weighted by atomic mass is 16.2. The number of nitrogens with two attached hydrogens (primary N) is 1. The molecule has 1 aromatic heterocycles. The zero-order chi connectivity index (χ0) is 12.4. The van der Waals surface area contributed by atoms with E-state index in [0.717, 1.165) is 0 Å². The van der Waals surface area contributed by atoms with Crippen molar-refractivity contribution in [3.63, 3.8) is 0 Å². The monoisotopic (exact) mass is 233 g/mol. The lowest BCUT2D eigenvalue weighted by atomic mass is 10.2. The first-order chi connectivity index (χ1) is 8.08. The molecule has 5 heteroatoms. The van der Waals surface area contributed by atoms with Crippen LogP contribution in [-0.2, 0) is 0 Å². The number of aromatic nitrogens is 1. The Morgan fingerprint density at radius 1 is 1.47 bits per heavy atom. The molecule has 2 rings (SSSR count). The van der Waals surface area contributed by atoms with Crippen molar-refractivity contribution in [1.82, 2.24) is 10.3 Å². The number of carbonyl (C=O) groups excluding carboxylic acids is 2. The van der Waals surface area contributed by atoms with Gasteiger partial charge in [0, 0.05) is 12.2 Å². The minimum absolute atomic E-state index is 0.159. The highest BCUT2D eigenvalue weighted by molar-refractivity contribution is 5.95. The topological polar surface area (TPSA) is 85.1 Å². The van der Waals surface area contributed by atoms with E-state index in [1.54, 1.807) is 6.07 Å². The Labute approximate surface area is 99.4 Å². The number of carbonyl (C=O) groups is 2. The van der Waals surface area contributed by atoms with Crippen LogP contribution in [0.2, 0.25) is 0 Å². The summed E-state index contributed by atoms with van der Waals surface area (Å²) in [5.41, 5.74) is 5.68. The summed E-state index contributed by atoms with van der Waals surface area (Å²) in [6.07, 6.45) is 3.73. The molecule has 2 amide bonds. The van der Waals surface area contributed by atoms with Crippen molar-refractivity contribution < 1.29 is 9.59 Å². The number of pyridine rings is 1. The Morgan fingerprint density at radius 3 is 2.65 bits per heavy atom. The quantitative estimate of drug-likeness (QED) is 0.803. The predicted octanol–water partition coefficient (Wildman–Crippen LogP) is 0.709. The lowest BCUT2D eigenvalue weighted by molar-refractivity contribution is 0.0932. The van der Waals surface area contributed by atoms with Gasteiger partial charge < -0.3 is 11.1 Å². The molecule has 5 nitrogen and oxygen atoms in total. The number of nitrogens with one attached hydrogen (secondary N) is 1. The first-order valence-corrected chi connectivity index (χ1v) is 5.64. The predicted molar refractivity (Wildman–Crippen MR) is 62.4 cm³/mol. The SMILES string of the molecule is C[C@H](NC(=O)c1ccc(C(N)=O)nc1)C1CC1. The van der Waals surface area contributed by atoms with Crippen LogP contribution in [0.1, 0.15) is 40.6 Å². The van der Waals surface area contributed by atoms with Crippen LogP contribution in [0.5, 0.6) is 0 Å². The van der Waals surface area contributed by atoms with Crippen molar-refractivity contribution in [3.05, 3.63) is 29.6 Å². The van der Waals surface area contributed by atoms with Crippen molar-refractivity contribution in [1.29, 1.82) is 0 Å². The fourth-order valence-corrected chi connectivity index (χ4v) is 1.68. The van der Waals surface area contributed by atoms with E-state index < -0.39 is 5.91 Å².